The van der Waals surface area contributed by atoms with Crippen molar-refractivity contribution in [1.29, 1.82) is 0 Å². The monoisotopic (exact) mass is 629 g/mol. The van der Waals surface area contributed by atoms with Crippen LogP contribution in [0.3, 0.4) is 0 Å². The SMILES string of the molecule is Cc1ccc(N(CC(=O)N(Cc2ccc(F)cc2)[C@@H](Cc2ccccc2)C(=O)NC(C)(C)C)S(=O)(=O)c2ccccc2)c(C)c1. The highest BCUT2D eigenvalue weighted by Gasteiger charge is 2.36. The maximum atomic E-state index is 14.5. The summed E-state index contributed by atoms with van der Waals surface area (Å²) in [6.07, 6.45) is 0.185. The molecule has 1 N–H and O–H groups in total. The van der Waals surface area contributed by atoms with Gasteiger partial charge in [-0.15, -0.1) is 0 Å². The molecule has 0 radical (unpaired) electrons. The Hall–Kier alpha value is -4.50. The molecule has 4 aromatic rings. The summed E-state index contributed by atoms with van der Waals surface area (Å²) in [5, 5.41) is 3.00. The largest absolute Gasteiger partial charge is 0.350 e. The van der Waals surface area contributed by atoms with Crippen LogP contribution < -0.4 is 9.62 Å². The first kappa shape index (κ1) is 33.4. The number of amides is 2. The van der Waals surface area contributed by atoms with Crippen molar-refractivity contribution in [2.45, 2.75) is 64.1 Å². The number of carbonyl (C=O) groups is 2. The Balaban J connectivity index is 1.83. The lowest BCUT2D eigenvalue weighted by molar-refractivity contribution is -0.140. The van der Waals surface area contributed by atoms with E-state index in [9.17, 15) is 22.4 Å². The molecule has 236 valence electrons. The fourth-order valence-corrected chi connectivity index (χ4v) is 6.61. The summed E-state index contributed by atoms with van der Waals surface area (Å²) in [6.45, 7) is 8.66. The van der Waals surface area contributed by atoms with Crippen LogP contribution in [0.15, 0.2) is 108 Å². The van der Waals surface area contributed by atoms with Gasteiger partial charge in [0.1, 0.15) is 18.4 Å². The molecular weight excluding hydrogens is 589 g/mol. The summed E-state index contributed by atoms with van der Waals surface area (Å²) >= 11 is 0. The molecule has 0 heterocycles. The number of benzene rings is 4. The van der Waals surface area contributed by atoms with Gasteiger partial charge in [0.05, 0.1) is 10.6 Å². The minimum Gasteiger partial charge on any atom is -0.350 e. The van der Waals surface area contributed by atoms with E-state index in [0.29, 0.717) is 16.8 Å². The summed E-state index contributed by atoms with van der Waals surface area (Å²) < 4.78 is 43.2. The molecule has 4 rings (SSSR count). The van der Waals surface area contributed by atoms with Gasteiger partial charge in [0.25, 0.3) is 10.0 Å². The van der Waals surface area contributed by atoms with Gasteiger partial charge < -0.3 is 10.2 Å². The third kappa shape index (κ3) is 8.79. The van der Waals surface area contributed by atoms with Crippen LogP contribution in [-0.2, 0) is 32.6 Å². The third-order valence-corrected chi connectivity index (χ3v) is 9.04. The second-order valence-electron chi connectivity index (χ2n) is 12.2. The highest BCUT2D eigenvalue weighted by molar-refractivity contribution is 7.92. The van der Waals surface area contributed by atoms with Crippen molar-refractivity contribution in [2.75, 3.05) is 10.8 Å². The van der Waals surface area contributed by atoms with Crippen LogP contribution in [0.25, 0.3) is 0 Å². The molecule has 0 bridgehead atoms. The van der Waals surface area contributed by atoms with Crippen LogP contribution in [0.1, 0.15) is 43.0 Å². The number of sulfonamides is 1. The van der Waals surface area contributed by atoms with Crippen molar-refractivity contribution in [2.24, 2.45) is 0 Å². The fourth-order valence-electron chi connectivity index (χ4n) is 5.11. The van der Waals surface area contributed by atoms with Crippen LogP contribution >= 0.6 is 0 Å². The van der Waals surface area contributed by atoms with Gasteiger partial charge in [-0.3, -0.25) is 13.9 Å². The van der Waals surface area contributed by atoms with Gasteiger partial charge in [0, 0.05) is 18.5 Å². The molecule has 4 aromatic carbocycles. The number of halogens is 1. The van der Waals surface area contributed by atoms with E-state index in [-0.39, 0.29) is 23.8 Å². The minimum absolute atomic E-state index is 0.0363. The molecule has 0 saturated carbocycles. The first-order valence-corrected chi connectivity index (χ1v) is 16.2. The first-order chi connectivity index (χ1) is 21.2. The zero-order chi connectivity index (χ0) is 32.8. The lowest BCUT2D eigenvalue weighted by Gasteiger charge is -2.35. The van der Waals surface area contributed by atoms with Gasteiger partial charge in [-0.25, -0.2) is 12.8 Å². The second kappa shape index (κ2) is 14.1. The molecule has 0 saturated heterocycles. The Bertz CT molecular complexity index is 1720. The van der Waals surface area contributed by atoms with Gasteiger partial charge in [0.2, 0.25) is 11.8 Å². The topological polar surface area (TPSA) is 86.8 Å². The van der Waals surface area contributed by atoms with Gasteiger partial charge in [0.15, 0.2) is 0 Å². The number of hydrogen-bond donors (Lipinski definition) is 1. The number of carbonyl (C=O) groups excluding carboxylic acids is 2. The Labute approximate surface area is 265 Å². The average molecular weight is 630 g/mol. The summed E-state index contributed by atoms with van der Waals surface area (Å²) in [5.41, 5.74) is 2.80. The van der Waals surface area contributed by atoms with Crippen LogP contribution in [0.5, 0.6) is 0 Å². The number of aryl methyl sites for hydroxylation is 2. The molecule has 0 aliphatic heterocycles. The minimum atomic E-state index is -4.19. The molecule has 0 spiro atoms. The van der Waals surface area contributed by atoms with Crippen LogP contribution in [-0.4, -0.2) is 43.3 Å². The quantitative estimate of drug-likeness (QED) is 0.214. The van der Waals surface area contributed by atoms with E-state index < -0.39 is 39.9 Å². The van der Waals surface area contributed by atoms with Gasteiger partial charge in [-0.05, 0) is 81.6 Å². The van der Waals surface area contributed by atoms with Crippen molar-refractivity contribution in [1.82, 2.24) is 10.2 Å². The van der Waals surface area contributed by atoms with E-state index in [1.807, 2.05) is 64.1 Å². The van der Waals surface area contributed by atoms with Crippen molar-refractivity contribution in [3.63, 3.8) is 0 Å². The number of nitrogens with zero attached hydrogens (tertiary/aromatic N) is 2. The van der Waals surface area contributed by atoms with E-state index in [2.05, 4.69) is 5.32 Å². The predicted molar refractivity (Wildman–Crippen MR) is 176 cm³/mol. The van der Waals surface area contributed by atoms with Crippen LogP contribution in [0, 0.1) is 19.7 Å². The van der Waals surface area contributed by atoms with Crippen LogP contribution in [0.2, 0.25) is 0 Å². The smallest absolute Gasteiger partial charge is 0.264 e. The zero-order valence-electron chi connectivity index (χ0n) is 26.3. The molecule has 0 unspecified atom stereocenters. The standard InChI is InChI=1S/C36H40FN3O4S/c1-26-16-21-32(27(2)22-26)40(45(43,44)31-14-10-7-11-15-31)25-34(41)39(24-29-17-19-30(37)20-18-29)33(35(42)38-36(3,4)5)23-28-12-8-6-9-13-28/h6-22,33H,23-25H2,1-5H3,(H,38,42)/t33-/m0/s1. The molecule has 0 fully saturated rings. The summed E-state index contributed by atoms with van der Waals surface area (Å²) in [5.74, 6) is -1.40. The summed E-state index contributed by atoms with van der Waals surface area (Å²) in [6, 6.07) is 27.3. The molecule has 0 aliphatic rings. The molecule has 7 nitrogen and oxygen atoms in total. The maximum absolute atomic E-state index is 14.5. The van der Waals surface area contributed by atoms with Gasteiger partial charge in [-0.1, -0.05) is 78.4 Å². The highest BCUT2D eigenvalue weighted by Crippen LogP contribution is 2.28. The lowest BCUT2D eigenvalue weighted by atomic mass is 10.0. The molecule has 9 heteroatoms. The van der Waals surface area contributed by atoms with Crippen molar-refractivity contribution >= 4 is 27.5 Å². The van der Waals surface area contributed by atoms with E-state index in [1.165, 1.54) is 29.2 Å². The highest BCUT2D eigenvalue weighted by atomic mass is 32.2. The number of anilines is 1. The molecule has 2 amide bonds. The Morgan fingerprint density at radius 1 is 0.822 bits per heavy atom. The molecule has 1 atom stereocenters. The van der Waals surface area contributed by atoms with Gasteiger partial charge in [-0.2, -0.15) is 0 Å². The third-order valence-electron chi connectivity index (χ3n) is 7.27. The second-order valence-corrected chi connectivity index (χ2v) is 14.1. The predicted octanol–water partition coefficient (Wildman–Crippen LogP) is 6.19. The average Bonchev–Trinajstić information content (AvgIpc) is 2.99. The lowest BCUT2D eigenvalue weighted by Crippen LogP contribution is -2.56. The Kier molecular flexibility index (Phi) is 10.4. The van der Waals surface area contributed by atoms with E-state index >= 15 is 0 Å². The Morgan fingerprint density at radius 3 is 2.00 bits per heavy atom. The molecule has 45 heavy (non-hydrogen) atoms. The number of rotatable bonds is 11. The van der Waals surface area contributed by atoms with E-state index in [1.54, 1.807) is 49.4 Å². The molecular formula is C36H40FN3O4S. The van der Waals surface area contributed by atoms with Crippen molar-refractivity contribution in [3.05, 3.63) is 131 Å². The van der Waals surface area contributed by atoms with E-state index in [0.717, 1.165) is 15.4 Å². The molecule has 0 aromatic heterocycles. The number of hydrogen-bond acceptors (Lipinski definition) is 4. The van der Waals surface area contributed by atoms with E-state index in [4.69, 9.17) is 0 Å². The molecule has 0 aliphatic carbocycles. The summed E-state index contributed by atoms with van der Waals surface area (Å²) in [7, 11) is -4.19. The Morgan fingerprint density at radius 2 is 1.42 bits per heavy atom. The van der Waals surface area contributed by atoms with Gasteiger partial charge >= 0.3 is 0 Å². The van der Waals surface area contributed by atoms with Crippen molar-refractivity contribution in [3.8, 4) is 0 Å². The zero-order valence-corrected chi connectivity index (χ0v) is 27.1. The maximum Gasteiger partial charge on any atom is 0.264 e. The number of nitrogens with one attached hydrogen (secondary N) is 1. The summed E-state index contributed by atoms with van der Waals surface area (Å²) in [4.78, 5) is 29.9. The van der Waals surface area contributed by atoms with Crippen molar-refractivity contribution < 1.29 is 22.4 Å². The normalized spacial score (nSPS) is 12.3. The first-order valence-electron chi connectivity index (χ1n) is 14.8. The van der Waals surface area contributed by atoms with Crippen LogP contribution in [0.4, 0.5) is 10.1 Å². The fraction of sp³-hybridized carbons (Fsp3) is 0.278.